The summed E-state index contributed by atoms with van der Waals surface area (Å²) in [4.78, 5) is 4.42. The lowest BCUT2D eigenvalue weighted by Gasteiger charge is -2.24. The zero-order valence-electron chi connectivity index (χ0n) is 11.6. The van der Waals surface area contributed by atoms with Crippen molar-refractivity contribution in [2.75, 3.05) is 19.8 Å². The Morgan fingerprint density at radius 2 is 2.06 bits per heavy atom. The number of rotatable bonds is 7. The number of ether oxygens (including phenoxy) is 1. The second kappa shape index (κ2) is 10.1. The Balaban J connectivity index is 2.14. The standard InChI is InChI=1S/C13H28N4O/c1-2-10-18-11-6-9-15-13(17-14)16-12-7-4-3-5-8-12/h12H,2-11,14H2,1H3,(H2,15,16,17). The van der Waals surface area contributed by atoms with Crippen LogP contribution in [0.3, 0.4) is 0 Å². The monoisotopic (exact) mass is 256 g/mol. The second-order valence-electron chi connectivity index (χ2n) is 4.82. The van der Waals surface area contributed by atoms with Crippen LogP contribution >= 0.6 is 0 Å². The zero-order valence-corrected chi connectivity index (χ0v) is 11.6. The Kier molecular flexibility index (Phi) is 8.59. The highest BCUT2D eigenvalue weighted by molar-refractivity contribution is 5.79. The van der Waals surface area contributed by atoms with E-state index in [2.05, 4.69) is 22.7 Å². The summed E-state index contributed by atoms with van der Waals surface area (Å²) in [6, 6.07) is 0.532. The Bertz CT molecular complexity index is 227. The molecule has 0 bridgehead atoms. The van der Waals surface area contributed by atoms with Crippen LogP contribution in [0.2, 0.25) is 0 Å². The highest BCUT2D eigenvalue weighted by atomic mass is 16.5. The van der Waals surface area contributed by atoms with Crippen molar-refractivity contribution >= 4 is 5.96 Å². The molecule has 0 amide bonds. The number of hydrazine groups is 1. The molecule has 4 N–H and O–H groups in total. The molecular formula is C13H28N4O. The number of hydrogen-bond donors (Lipinski definition) is 3. The molecule has 0 aromatic heterocycles. The molecule has 1 fully saturated rings. The first-order chi connectivity index (χ1) is 8.86. The third kappa shape index (κ3) is 6.81. The fourth-order valence-electron chi connectivity index (χ4n) is 2.18. The molecule has 1 aliphatic rings. The minimum Gasteiger partial charge on any atom is -0.381 e. The lowest BCUT2D eigenvalue weighted by molar-refractivity contribution is 0.134. The maximum Gasteiger partial charge on any atom is 0.205 e. The van der Waals surface area contributed by atoms with E-state index >= 15 is 0 Å². The SMILES string of the molecule is CCCOCCCN=C(NN)NC1CCCCC1. The van der Waals surface area contributed by atoms with Gasteiger partial charge in [0.05, 0.1) is 0 Å². The molecule has 1 rings (SSSR count). The average molecular weight is 256 g/mol. The summed E-state index contributed by atoms with van der Waals surface area (Å²) >= 11 is 0. The third-order valence-electron chi connectivity index (χ3n) is 3.15. The third-order valence-corrected chi connectivity index (χ3v) is 3.15. The average Bonchev–Trinajstić information content (AvgIpc) is 2.42. The van der Waals surface area contributed by atoms with E-state index in [0.29, 0.717) is 6.04 Å². The van der Waals surface area contributed by atoms with E-state index in [1.165, 1.54) is 32.1 Å². The molecule has 0 heterocycles. The van der Waals surface area contributed by atoms with Crippen molar-refractivity contribution in [1.82, 2.24) is 10.7 Å². The number of aliphatic imine (C=N–C) groups is 1. The fraction of sp³-hybridized carbons (Fsp3) is 0.923. The Morgan fingerprint density at radius 3 is 2.72 bits per heavy atom. The summed E-state index contributed by atoms with van der Waals surface area (Å²) in [6.45, 7) is 4.48. The molecule has 106 valence electrons. The quantitative estimate of drug-likeness (QED) is 0.212. The Hall–Kier alpha value is -0.810. The van der Waals surface area contributed by atoms with Gasteiger partial charge >= 0.3 is 0 Å². The van der Waals surface area contributed by atoms with E-state index in [9.17, 15) is 0 Å². The number of hydrogen-bond acceptors (Lipinski definition) is 3. The Labute approximate surface area is 111 Å². The van der Waals surface area contributed by atoms with Gasteiger partial charge in [-0.1, -0.05) is 26.2 Å². The van der Waals surface area contributed by atoms with Crippen LogP contribution in [0.25, 0.3) is 0 Å². The van der Waals surface area contributed by atoms with Crippen molar-refractivity contribution in [3.63, 3.8) is 0 Å². The van der Waals surface area contributed by atoms with Gasteiger partial charge in [-0.15, -0.1) is 0 Å². The second-order valence-corrected chi connectivity index (χ2v) is 4.82. The van der Waals surface area contributed by atoms with Crippen LogP contribution < -0.4 is 16.6 Å². The molecule has 0 saturated heterocycles. The lowest BCUT2D eigenvalue weighted by atomic mass is 9.96. The molecule has 5 heteroatoms. The first-order valence-corrected chi connectivity index (χ1v) is 7.22. The summed E-state index contributed by atoms with van der Waals surface area (Å²) in [6.07, 6.45) is 8.43. The number of nitrogens with zero attached hydrogens (tertiary/aromatic N) is 1. The predicted molar refractivity (Wildman–Crippen MR) is 75.4 cm³/mol. The molecule has 5 nitrogen and oxygen atoms in total. The topological polar surface area (TPSA) is 71.7 Å². The molecule has 0 aromatic rings. The van der Waals surface area contributed by atoms with E-state index in [4.69, 9.17) is 10.6 Å². The van der Waals surface area contributed by atoms with Gasteiger partial charge in [-0.25, -0.2) is 5.84 Å². The molecule has 0 aliphatic heterocycles. The highest BCUT2D eigenvalue weighted by Gasteiger charge is 2.13. The van der Waals surface area contributed by atoms with Crippen LogP contribution in [0.4, 0.5) is 0 Å². The molecule has 0 aromatic carbocycles. The number of nitrogens with two attached hydrogens (primary N) is 1. The van der Waals surface area contributed by atoms with Crippen molar-refractivity contribution in [2.45, 2.75) is 57.9 Å². The van der Waals surface area contributed by atoms with Crippen molar-refractivity contribution in [3.8, 4) is 0 Å². The van der Waals surface area contributed by atoms with Crippen molar-refractivity contribution in [3.05, 3.63) is 0 Å². The normalized spacial score (nSPS) is 17.8. The van der Waals surface area contributed by atoms with Crippen LogP contribution in [0.1, 0.15) is 51.9 Å². The Morgan fingerprint density at radius 1 is 1.28 bits per heavy atom. The van der Waals surface area contributed by atoms with Gasteiger partial charge in [0.1, 0.15) is 0 Å². The van der Waals surface area contributed by atoms with Gasteiger partial charge in [0.15, 0.2) is 0 Å². The van der Waals surface area contributed by atoms with Gasteiger partial charge in [0.2, 0.25) is 5.96 Å². The van der Waals surface area contributed by atoms with Gasteiger partial charge in [0, 0.05) is 25.8 Å². The summed E-state index contributed by atoms with van der Waals surface area (Å²) in [7, 11) is 0. The van der Waals surface area contributed by atoms with E-state index in [-0.39, 0.29) is 0 Å². The van der Waals surface area contributed by atoms with Crippen molar-refractivity contribution in [2.24, 2.45) is 10.8 Å². The zero-order chi connectivity index (χ0) is 13.1. The van der Waals surface area contributed by atoms with Crippen LogP contribution in [-0.4, -0.2) is 31.8 Å². The highest BCUT2D eigenvalue weighted by Crippen LogP contribution is 2.17. The van der Waals surface area contributed by atoms with Gasteiger partial charge in [0.25, 0.3) is 0 Å². The summed E-state index contributed by atoms with van der Waals surface area (Å²) in [5.74, 6) is 6.20. The number of nitrogens with one attached hydrogen (secondary N) is 2. The summed E-state index contributed by atoms with van der Waals surface area (Å²) in [5, 5.41) is 3.38. The molecule has 1 aliphatic carbocycles. The molecule has 18 heavy (non-hydrogen) atoms. The van der Waals surface area contributed by atoms with Crippen LogP contribution in [0.5, 0.6) is 0 Å². The van der Waals surface area contributed by atoms with Gasteiger partial charge in [-0.05, 0) is 25.7 Å². The number of guanidine groups is 1. The minimum atomic E-state index is 0.532. The first-order valence-electron chi connectivity index (χ1n) is 7.22. The molecule has 0 spiro atoms. The van der Waals surface area contributed by atoms with Gasteiger partial charge < -0.3 is 10.1 Å². The van der Waals surface area contributed by atoms with Crippen molar-refractivity contribution < 1.29 is 4.74 Å². The predicted octanol–water partition coefficient (Wildman–Crippen LogP) is 1.54. The largest absolute Gasteiger partial charge is 0.381 e. The molecule has 0 unspecified atom stereocenters. The minimum absolute atomic E-state index is 0.532. The lowest BCUT2D eigenvalue weighted by Crippen LogP contribution is -2.47. The van der Waals surface area contributed by atoms with Crippen LogP contribution in [0.15, 0.2) is 4.99 Å². The molecule has 0 atom stereocenters. The van der Waals surface area contributed by atoms with Gasteiger partial charge in [-0.3, -0.25) is 10.4 Å². The van der Waals surface area contributed by atoms with Crippen molar-refractivity contribution in [1.29, 1.82) is 0 Å². The summed E-state index contributed by atoms with van der Waals surface area (Å²) in [5.41, 5.74) is 2.65. The van der Waals surface area contributed by atoms with E-state index in [1.54, 1.807) is 0 Å². The van der Waals surface area contributed by atoms with E-state index in [1.807, 2.05) is 0 Å². The van der Waals surface area contributed by atoms with E-state index < -0.39 is 0 Å². The maximum absolute atomic E-state index is 5.48. The molecule has 1 saturated carbocycles. The smallest absolute Gasteiger partial charge is 0.205 e. The van der Waals surface area contributed by atoms with E-state index in [0.717, 1.165) is 38.6 Å². The molecule has 0 radical (unpaired) electrons. The summed E-state index contributed by atoms with van der Waals surface area (Å²) < 4.78 is 5.41. The van der Waals surface area contributed by atoms with Crippen LogP contribution in [0, 0.1) is 0 Å². The molecular weight excluding hydrogens is 228 g/mol. The van der Waals surface area contributed by atoms with Crippen LogP contribution in [-0.2, 0) is 4.74 Å². The first kappa shape index (κ1) is 15.2. The fourth-order valence-corrected chi connectivity index (χ4v) is 2.18. The maximum atomic E-state index is 5.48. The van der Waals surface area contributed by atoms with Gasteiger partial charge in [-0.2, -0.15) is 0 Å².